The lowest BCUT2D eigenvalue weighted by Crippen LogP contribution is -2.23. The number of alkyl halides is 6. The molecule has 0 radical (unpaired) electrons. The van der Waals surface area contributed by atoms with Gasteiger partial charge in [0.05, 0.1) is 16.9 Å². The molecule has 3 heterocycles. The molecule has 0 bridgehead atoms. The SMILES string of the molecule is CCS(=O)(=O)c1cc(-c2cccc(C(F)(F)F)c2)cnc1-n1nc2cc(C(F)(F)F)ccn2c1=O. The molecule has 0 atom stereocenters. The number of pyridine rings is 2. The van der Waals surface area contributed by atoms with Gasteiger partial charge in [-0.1, -0.05) is 19.1 Å². The number of nitrogens with zero attached hydrogens (tertiary/aromatic N) is 4. The van der Waals surface area contributed by atoms with Crippen LogP contribution in [0, 0.1) is 0 Å². The molecule has 0 saturated carbocycles. The van der Waals surface area contributed by atoms with Crippen molar-refractivity contribution in [3.63, 3.8) is 0 Å². The fourth-order valence-corrected chi connectivity index (χ4v) is 4.34. The maximum atomic E-state index is 13.1. The molecule has 0 amide bonds. The average Bonchev–Trinajstić information content (AvgIpc) is 3.13. The van der Waals surface area contributed by atoms with E-state index in [0.717, 1.165) is 41.1 Å². The minimum Gasteiger partial charge on any atom is -0.250 e. The maximum Gasteiger partial charge on any atom is 0.416 e. The van der Waals surface area contributed by atoms with Gasteiger partial charge in [0.25, 0.3) is 0 Å². The Balaban J connectivity index is 1.93. The molecule has 184 valence electrons. The molecular formula is C21H14F6N4O3S. The molecule has 0 aliphatic heterocycles. The molecule has 14 heteroatoms. The Morgan fingerprint density at radius 1 is 0.914 bits per heavy atom. The zero-order chi connectivity index (χ0) is 25.8. The summed E-state index contributed by atoms with van der Waals surface area (Å²) >= 11 is 0. The van der Waals surface area contributed by atoms with Gasteiger partial charge in [-0.2, -0.15) is 31.0 Å². The number of benzene rings is 1. The molecule has 0 N–H and O–H groups in total. The second-order valence-electron chi connectivity index (χ2n) is 7.36. The Hall–Kier alpha value is -3.68. The fraction of sp³-hybridized carbons (Fsp3) is 0.190. The van der Waals surface area contributed by atoms with Crippen LogP contribution in [-0.2, 0) is 22.2 Å². The first-order chi connectivity index (χ1) is 16.2. The lowest BCUT2D eigenvalue weighted by Gasteiger charge is -2.12. The minimum atomic E-state index is -4.71. The summed E-state index contributed by atoms with van der Waals surface area (Å²) in [7, 11) is -4.11. The van der Waals surface area contributed by atoms with E-state index in [9.17, 15) is 39.6 Å². The van der Waals surface area contributed by atoms with E-state index >= 15 is 0 Å². The van der Waals surface area contributed by atoms with Gasteiger partial charge < -0.3 is 0 Å². The van der Waals surface area contributed by atoms with Crippen molar-refractivity contribution in [1.82, 2.24) is 19.2 Å². The van der Waals surface area contributed by atoms with Crippen LogP contribution in [0.2, 0.25) is 0 Å². The summed E-state index contributed by atoms with van der Waals surface area (Å²) in [6, 6.07) is 6.45. The summed E-state index contributed by atoms with van der Waals surface area (Å²) in [4.78, 5) is 16.2. The second-order valence-corrected chi connectivity index (χ2v) is 9.61. The van der Waals surface area contributed by atoms with E-state index in [0.29, 0.717) is 16.8 Å². The van der Waals surface area contributed by atoms with Crippen molar-refractivity contribution in [1.29, 1.82) is 0 Å². The number of fused-ring (bicyclic) bond motifs is 1. The lowest BCUT2D eigenvalue weighted by atomic mass is 10.0. The molecule has 0 aliphatic carbocycles. The summed E-state index contributed by atoms with van der Waals surface area (Å²) in [5.74, 6) is -0.946. The highest BCUT2D eigenvalue weighted by Crippen LogP contribution is 2.33. The normalized spacial score (nSPS) is 12.9. The molecule has 4 aromatic rings. The van der Waals surface area contributed by atoms with Crippen molar-refractivity contribution in [2.45, 2.75) is 24.2 Å². The molecule has 0 saturated heterocycles. The quantitative estimate of drug-likeness (QED) is 0.376. The van der Waals surface area contributed by atoms with Gasteiger partial charge in [0.1, 0.15) is 4.90 Å². The van der Waals surface area contributed by atoms with Gasteiger partial charge in [-0.15, -0.1) is 5.10 Å². The Kier molecular flexibility index (Phi) is 5.74. The predicted molar refractivity (Wildman–Crippen MR) is 112 cm³/mol. The van der Waals surface area contributed by atoms with Crippen LogP contribution in [0.4, 0.5) is 26.3 Å². The summed E-state index contributed by atoms with van der Waals surface area (Å²) in [6.07, 6.45) is -7.45. The summed E-state index contributed by atoms with van der Waals surface area (Å²) < 4.78 is 105. The largest absolute Gasteiger partial charge is 0.416 e. The average molecular weight is 516 g/mol. The second kappa shape index (κ2) is 8.22. The molecule has 0 spiro atoms. The van der Waals surface area contributed by atoms with Crippen LogP contribution in [0.25, 0.3) is 22.6 Å². The van der Waals surface area contributed by atoms with Gasteiger partial charge in [-0.3, -0.25) is 0 Å². The van der Waals surface area contributed by atoms with Gasteiger partial charge in [-0.05, 0) is 35.9 Å². The number of sulfone groups is 1. The van der Waals surface area contributed by atoms with E-state index in [2.05, 4.69) is 10.1 Å². The number of hydrogen-bond acceptors (Lipinski definition) is 5. The maximum absolute atomic E-state index is 13.1. The molecule has 4 rings (SSSR count). The summed E-state index contributed by atoms with van der Waals surface area (Å²) in [6.45, 7) is 1.30. The van der Waals surface area contributed by atoms with Crippen molar-refractivity contribution >= 4 is 15.5 Å². The third kappa shape index (κ3) is 4.52. The smallest absolute Gasteiger partial charge is 0.250 e. The van der Waals surface area contributed by atoms with E-state index < -0.39 is 61.1 Å². The van der Waals surface area contributed by atoms with E-state index in [-0.39, 0.29) is 11.1 Å². The molecule has 0 fully saturated rings. The van der Waals surface area contributed by atoms with Crippen LogP contribution < -0.4 is 5.69 Å². The van der Waals surface area contributed by atoms with Gasteiger partial charge in [-0.25, -0.2) is 22.6 Å². The number of aromatic nitrogens is 4. The van der Waals surface area contributed by atoms with Crippen LogP contribution in [-0.4, -0.2) is 33.3 Å². The van der Waals surface area contributed by atoms with E-state index in [1.54, 1.807) is 0 Å². The van der Waals surface area contributed by atoms with E-state index in [1.165, 1.54) is 13.0 Å². The fourth-order valence-electron chi connectivity index (χ4n) is 3.30. The van der Waals surface area contributed by atoms with Crippen molar-refractivity contribution in [2.75, 3.05) is 5.75 Å². The van der Waals surface area contributed by atoms with Gasteiger partial charge >= 0.3 is 18.0 Å². The predicted octanol–water partition coefficient (Wildman–Crippen LogP) is 4.38. The topological polar surface area (TPSA) is 86.3 Å². The Bertz CT molecular complexity index is 1600. The van der Waals surface area contributed by atoms with Crippen LogP contribution >= 0.6 is 0 Å². The first-order valence-corrected chi connectivity index (χ1v) is 11.5. The minimum absolute atomic E-state index is 0.0167. The first kappa shape index (κ1) is 24.4. The standard InChI is InChI=1S/C21H14F6N4O3S/c1-2-35(33,34)16-9-13(12-4-3-5-14(8-12)20(22,23)24)11-28-18(16)31-19(32)30-7-6-15(21(25,26)27)10-17(30)29-31/h3-11H,2H2,1H3. The molecule has 1 aromatic carbocycles. The molecule has 35 heavy (non-hydrogen) atoms. The highest BCUT2D eigenvalue weighted by atomic mass is 32.2. The number of hydrogen-bond donors (Lipinski definition) is 0. The molecule has 7 nitrogen and oxygen atoms in total. The zero-order valence-corrected chi connectivity index (χ0v) is 18.4. The molecule has 0 unspecified atom stereocenters. The first-order valence-electron chi connectivity index (χ1n) is 9.82. The van der Waals surface area contributed by atoms with Crippen molar-refractivity contribution in [3.8, 4) is 16.9 Å². The van der Waals surface area contributed by atoms with Crippen LogP contribution in [0.15, 0.2) is 64.5 Å². The Morgan fingerprint density at radius 2 is 1.57 bits per heavy atom. The molecular weight excluding hydrogens is 502 g/mol. The van der Waals surface area contributed by atoms with Gasteiger partial charge in [0.15, 0.2) is 21.3 Å². The van der Waals surface area contributed by atoms with Crippen molar-refractivity contribution in [2.24, 2.45) is 0 Å². The Labute approximate surface area is 193 Å². The van der Waals surface area contributed by atoms with Crippen LogP contribution in [0.3, 0.4) is 0 Å². The van der Waals surface area contributed by atoms with Gasteiger partial charge in [0.2, 0.25) is 0 Å². The van der Waals surface area contributed by atoms with E-state index in [1.807, 2.05) is 0 Å². The van der Waals surface area contributed by atoms with Gasteiger partial charge in [0, 0.05) is 18.0 Å². The van der Waals surface area contributed by atoms with E-state index in [4.69, 9.17) is 0 Å². The Morgan fingerprint density at radius 3 is 2.20 bits per heavy atom. The van der Waals surface area contributed by atoms with Crippen molar-refractivity contribution in [3.05, 3.63) is 76.5 Å². The molecule has 0 aliphatic rings. The lowest BCUT2D eigenvalue weighted by molar-refractivity contribution is -0.138. The zero-order valence-electron chi connectivity index (χ0n) is 17.6. The highest BCUT2D eigenvalue weighted by molar-refractivity contribution is 7.91. The highest BCUT2D eigenvalue weighted by Gasteiger charge is 2.32. The van der Waals surface area contributed by atoms with Crippen LogP contribution in [0.1, 0.15) is 18.1 Å². The summed E-state index contributed by atoms with van der Waals surface area (Å²) in [5.41, 5.74) is -3.40. The molecule has 3 aromatic heterocycles. The number of halogens is 6. The van der Waals surface area contributed by atoms with Crippen molar-refractivity contribution < 1.29 is 34.8 Å². The monoisotopic (exact) mass is 516 g/mol. The third-order valence-electron chi connectivity index (χ3n) is 5.12. The number of rotatable bonds is 4. The third-order valence-corrected chi connectivity index (χ3v) is 6.85. The van der Waals surface area contributed by atoms with Crippen LogP contribution in [0.5, 0.6) is 0 Å². The summed E-state index contributed by atoms with van der Waals surface area (Å²) in [5, 5.41) is 3.81.